The summed E-state index contributed by atoms with van der Waals surface area (Å²) >= 11 is 6.46. The first-order chi connectivity index (χ1) is 21.6. The average molecular weight is 759 g/mol. The molecule has 2 amide bonds. The van der Waals surface area contributed by atoms with Crippen molar-refractivity contribution >= 4 is 49.4 Å². The molecule has 242 valence electrons. The van der Waals surface area contributed by atoms with Gasteiger partial charge in [-0.15, -0.1) is 0 Å². The van der Waals surface area contributed by atoms with Crippen LogP contribution in [0.4, 0.5) is 18.9 Å². The van der Waals surface area contributed by atoms with E-state index in [-0.39, 0.29) is 21.9 Å². The summed E-state index contributed by atoms with van der Waals surface area (Å²) in [5, 5.41) is 3.06. The molecule has 9 nitrogen and oxygen atoms in total. The van der Waals surface area contributed by atoms with Crippen LogP contribution in [0.1, 0.15) is 26.3 Å². The summed E-state index contributed by atoms with van der Waals surface area (Å²) in [4.78, 5) is 27.9. The van der Waals surface area contributed by atoms with Crippen LogP contribution in [0.25, 0.3) is 0 Å². The van der Waals surface area contributed by atoms with Gasteiger partial charge in [0.1, 0.15) is 17.3 Å². The first kappa shape index (κ1) is 34.5. The van der Waals surface area contributed by atoms with Gasteiger partial charge in [0.25, 0.3) is 11.8 Å². The highest BCUT2D eigenvalue weighted by atomic mass is 79.9. The molecule has 3 aromatic carbocycles. The zero-order chi connectivity index (χ0) is 32.5. The Labute approximate surface area is 275 Å². The Hall–Kier alpha value is -3.33. The van der Waals surface area contributed by atoms with Crippen molar-refractivity contribution in [3.05, 3.63) is 85.6 Å². The number of carbonyl (C=O) groups excluding carboxylic acids is 2. The maximum Gasteiger partial charge on any atom is 0.255 e. The minimum atomic E-state index is -1.02. The second-order valence-corrected chi connectivity index (χ2v) is 11.6. The summed E-state index contributed by atoms with van der Waals surface area (Å²) in [7, 11) is 3.15. The van der Waals surface area contributed by atoms with Gasteiger partial charge in [0, 0.05) is 53.3 Å². The second kappa shape index (κ2) is 16.3. The monoisotopic (exact) mass is 757 g/mol. The topological polar surface area (TPSA) is 89.6 Å². The molecule has 2 heterocycles. The van der Waals surface area contributed by atoms with E-state index in [4.69, 9.17) is 18.9 Å². The second-order valence-electron chi connectivity index (χ2n) is 9.90. The van der Waals surface area contributed by atoms with E-state index in [2.05, 4.69) is 37.2 Å². The predicted molar refractivity (Wildman–Crippen MR) is 168 cm³/mol. The fourth-order valence-corrected chi connectivity index (χ4v) is 5.59. The molecule has 0 unspecified atom stereocenters. The minimum absolute atomic E-state index is 0.130. The SMILES string of the molecule is COc1ccc(CNc2cc(Br)c(C(=O)N3CCOCC3)cc2F)c(OC)c1.O=C(c1cc(F)c(F)cc1Br)N1CCOCC1. The lowest BCUT2D eigenvalue weighted by atomic mass is 10.1. The number of ether oxygens (including phenoxy) is 4. The quantitative estimate of drug-likeness (QED) is 0.301. The number of nitrogens with one attached hydrogen (secondary N) is 1. The van der Waals surface area contributed by atoms with E-state index in [9.17, 15) is 22.8 Å². The van der Waals surface area contributed by atoms with Crippen LogP contribution in [-0.2, 0) is 16.0 Å². The number of morpholine rings is 2. The van der Waals surface area contributed by atoms with Gasteiger partial charge >= 0.3 is 0 Å². The van der Waals surface area contributed by atoms with E-state index in [1.807, 2.05) is 12.1 Å². The van der Waals surface area contributed by atoms with Gasteiger partial charge in [0.2, 0.25) is 0 Å². The summed E-state index contributed by atoms with van der Waals surface area (Å²) in [6.07, 6.45) is 0. The van der Waals surface area contributed by atoms with E-state index in [0.717, 1.165) is 17.7 Å². The van der Waals surface area contributed by atoms with Gasteiger partial charge in [-0.05, 0) is 68.3 Å². The molecular formula is C31H32Br2F3N3O6. The molecule has 1 N–H and O–H groups in total. The summed E-state index contributed by atoms with van der Waals surface area (Å²) in [6.45, 7) is 4.21. The highest BCUT2D eigenvalue weighted by Crippen LogP contribution is 2.29. The Kier molecular flexibility index (Phi) is 12.5. The van der Waals surface area contributed by atoms with Crippen molar-refractivity contribution in [2.24, 2.45) is 0 Å². The molecule has 0 aromatic heterocycles. The van der Waals surface area contributed by atoms with Crippen molar-refractivity contribution in [1.29, 1.82) is 0 Å². The van der Waals surface area contributed by atoms with E-state index < -0.39 is 17.5 Å². The Bertz CT molecular complexity index is 1520. The van der Waals surface area contributed by atoms with Crippen LogP contribution in [0.2, 0.25) is 0 Å². The third kappa shape index (κ3) is 8.90. The molecule has 5 rings (SSSR count). The number of carbonyl (C=O) groups is 2. The number of hydrogen-bond donors (Lipinski definition) is 1. The highest BCUT2D eigenvalue weighted by molar-refractivity contribution is 9.10. The van der Waals surface area contributed by atoms with Gasteiger partial charge in [0.05, 0.1) is 57.5 Å². The van der Waals surface area contributed by atoms with Crippen LogP contribution in [0.15, 0.2) is 51.4 Å². The lowest BCUT2D eigenvalue weighted by Crippen LogP contribution is -2.40. The zero-order valence-corrected chi connectivity index (χ0v) is 27.8. The van der Waals surface area contributed by atoms with E-state index in [1.54, 1.807) is 36.2 Å². The summed E-state index contributed by atoms with van der Waals surface area (Å²) in [5.74, 6) is -1.70. The van der Waals surface area contributed by atoms with Gasteiger partial charge in [-0.25, -0.2) is 13.2 Å². The number of nitrogens with zero attached hydrogens (tertiary/aromatic N) is 2. The molecule has 0 bridgehead atoms. The maximum atomic E-state index is 14.6. The maximum absolute atomic E-state index is 14.6. The third-order valence-corrected chi connectivity index (χ3v) is 8.40. The van der Waals surface area contributed by atoms with E-state index in [0.29, 0.717) is 86.4 Å². The Morgan fingerprint density at radius 3 is 1.80 bits per heavy atom. The molecule has 0 aliphatic carbocycles. The number of rotatable bonds is 7. The van der Waals surface area contributed by atoms with Gasteiger partial charge < -0.3 is 34.1 Å². The largest absolute Gasteiger partial charge is 0.497 e. The molecule has 3 aromatic rings. The summed E-state index contributed by atoms with van der Waals surface area (Å²) in [5.41, 5.74) is 1.58. The molecule has 2 fully saturated rings. The molecule has 0 radical (unpaired) electrons. The molecule has 0 atom stereocenters. The molecule has 14 heteroatoms. The fraction of sp³-hybridized carbons (Fsp3) is 0.355. The van der Waals surface area contributed by atoms with Gasteiger partial charge in [-0.1, -0.05) is 0 Å². The molecule has 45 heavy (non-hydrogen) atoms. The smallest absolute Gasteiger partial charge is 0.255 e. The van der Waals surface area contributed by atoms with Crippen LogP contribution in [0.5, 0.6) is 11.5 Å². The van der Waals surface area contributed by atoms with Gasteiger partial charge in [0.15, 0.2) is 11.6 Å². The number of benzene rings is 3. The number of amides is 2. The van der Waals surface area contributed by atoms with Crippen molar-refractivity contribution in [2.75, 3.05) is 72.1 Å². The van der Waals surface area contributed by atoms with Gasteiger partial charge in [-0.3, -0.25) is 9.59 Å². The Morgan fingerprint density at radius 1 is 0.756 bits per heavy atom. The van der Waals surface area contributed by atoms with Crippen LogP contribution < -0.4 is 14.8 Å². The molecule has 2 aliphatic rings. The zero-order valence-electron chi connectivity index (χ0n) is 24.6. The molecular weight excluding hydrogens is 727 g/mol. The number of methoxy groups -OCH3 is 2. The normalized spacial score (nSPS) is 14.7. The fourth-order valence-electron chi connectivity index (χ4n) is 4.59. The highest BCUT2D eigenvalue weighted by Gasteiger charge is 2.23. The van der Waals surface area contributed by atoms with Crippen LogP contribution in [0.3, 0.4) is 0 Å². The third-order valence-electron chi connectivity index (χ3n) is 7.09. The molecule has 0 spiro atoms. The lowest BCUT2D eigenvalue weighted by molar-refractivity contribution is 0.0300. The van der Waals surface area contributed by atoms with Crippen LogP contribution >= 0.6 is 31.9 Å². The van der Waals surface area contributed by atoms with Crippen molar-refractivity contribution in [1.82, 2.24) is 9.80 Å². The Balaban J connectivity index is 0.000000231. The molecule has 2 saturated heterocycles. The number of anilines is 1. The Morgan fingerprint density at radius 2 is 1.27 bits per heavy atom. The standard InChI is InChI=1S/C20H22BrFN2O4.C11H10BrF2NO2/c1-26-14-4-3-13(19(9-14)27-2)12-23-18-11-16(21)15(10-17(18)22)20(25)24-5-7-28-8-6-24;12-8-6-10(14)9(13)5-7(8)11(16)15-1-3-17-4-2-15/h3-4,9-11,23H,5-8,12H2,1-2H3;5-6H,1-4H2. The van der Waals surface area contributed by atoms with Crippen molar-refractivity contribution in [2.45, 2.75) is 6.54 Å². The van der Waals surface area contributed by atoms with Gasteiger partial charge in [-0.2, -0.15) is 0 Å². The molecule has 2 aliphatic heterocycles. The minimum Gasteiger partial charge on any atom is -0.497 e. The lowest BCUT2D eigenvalue weighted by Gasteiger charge is -2.27. The van der Waals surface area contributed by atoms with Crippen LogP contribution in [-0.4, -0.2) is 88.4 Å². The number of halogens is 5. The summed E-state index contributed by atoms with van der Waals surface area (Å²) in [6, 6.07) is 10.2. The van der Waals surface area contributed by atoms with Crippen molar-refractivity contribution < 1.29 is 41.7 Å². The first-order valence-corrected chi connectivity index (χ1v) is 15.5. The average Bonchev–Trinajstić information content (AvgIpc) is 3.07. The molecule has 0 saturated carbocycles. The van der Waals surface area contributed by atoms with Crippen molar-refractivity contribution in [3.8, 4) is 11.5 Å². The van der Waals surface area contributed by atoms with Crippen molar-refractivity contribution in [3.63, 3.8) is 0 Å². The summed E-state index contributed by atoms with van der Waals surface area (Å²) < 4.78 is 62.4. The first-order valence-electron chi connectivity index (χ1n) is 13.9. The van der Waals surface area contributed by atoms with E-state index in [1.165, 1.54) is 6.07 Å². The number of hydrogen-bond acceptors (Lipinski definition) is 7. The predicted octanol–water partition coefficient (Wildman–Crippen LogP) is 5.89. The van der Waals surface area contributed by atoms with E-state index >= 15 is 0 Å². The van der Waals surface area contributed by atoms with Crippen LogP contribution in [0, 0.1) is 17.5 Å².